The van der Waals surface area contributed by atoms with Crippen LogP contribution in [0.3, 0.4) is 0 Å². The first-order valence-electron chi connectivity index (χ1n) is 6.66. The van der Waals surface area contributed by atoms with E-state index < -0.39 is 23.9 Å². The Labute approximate surface area is 156 Å². The van der Waals surface area contributed by atoms with Gasteiger partial charge >= 0.3 is 18.3 Å². The van der Waals surface area contributed by atoms with Crippen LogP contribution in [0.4, 0.5) is 9.59 Å². The molecule has 0 aromatic carbocycles. The number of carboxylic acid groups (broad SMARTS) is 4. The molecule has 0 amide bonds. The minimum absolute atomic E-state index is 0.208. The standard InChI is InChI=1S/C6H12O3.2C3H6O2.2CH2O3/c1-5(7)8-9-6(2,3)4;2*1-2-3-5-4;2*2-1(3)4/h1-4H3;2*2,4H,1,3H2;2*(H2,2,3,4). The lowest BCUT2D eigenvalue weighted by atomic mass is 10.2. The third-order valence-corrected chi connectivity index (χ3v) is 0.794. The highest BCUT2D eigenvalue weighted by Crippen LogP contribution is 2.06. The van der Waals surface area contributed by atoms with Crippen molar-refractivity contribution in [3.63, 3.8) is 0 Å². The van der Waals surface area contributed by atoms with Crippen LogP contribution < -0.4 is 0 Å². The molecule has 13 heteroatoms. The third kappa shape index (κ3) is 199. The summed E-state index contributed by atoms with van der Waals surface area (Å²) in [4.78, 5) is 43.3. The van der Waals surface area contributed by atoms with Crippen LogP contribution in [-0.4, -0.2) is 68.0 Å². The lowest BCUT2D eigenvalue weighted by Gasteiger charge is -2.15. The van der Waals surface area contributed by atoms with Crippen LogP contribution in [0.5, 0.6) is 0 Å². The van der Waals surface area contributed by atoms with Gasteiger partial charge in [-0.15, -0.1) is 13.2 Å². The minimum atomic E-state index is -1.83. The number of rotatable bonds is 5. The summed E-state index contributed by atoms with van der Waals surface area (Å²) in [5.74, 6) is -0.426. The molecule has 6 N–H and O–H groups in total. The van der Waals surface area contributed by atoms with Crippen LogP contribution >= 0.6 is 0 Å². The van der Waals surface area contributed by atoms with Gasteiger partial charge in [0, 0.05) is 6.92 Å². The fourth-order valence-electron chi connectivity index (χ4n) is 0.289. The van der Waals surface area contributed by atoms with Crippen molar-refractivity contribution >= 4 is 18.3 Å². The van der Waals surface area contributed by atoms with Gasteiger partial charge in [-0.25, -0.2) is 24.2 Å². The van der Waals surface area contributed by atoms with Crippen molar-refractivity contribution in [1.82, 2.24) is 0 Å². The van der Waals surface area contributed by atoms with Crippen LogP contribution in [0, 0.1) is 0 Å². The van der Waals surface area contributed by atoms with Crippen molar-refractivity contribution in [3.8, 4) is 0 Å². The molecule has 0 saturated heterocycles. The number of carbonyl (C=O) groups is 3. The van der Waals surface area contributed by atoms with Gasteiger partial charge in [0.15, 0.2) is 0 Å². The van der Waals surface area contributed by atoms with E-state index in [1.807, 2.05) is 0 Å². The fourth-order valence-corrected chi connectivity index (χ4v) is 0.289. The zero-order valence-electron chi connectivity index (χ0n) is 15.5. The summed E-state index contributed by atoms with van der Waals surface area (Å²) in [7, 11) is 0. The molecule has 0 unspecified atom stereocenters. The summed E-state index contributed by atoms with van der Waals surface area (Å²) in [6.45, 7) is 13.6. The Kier molecular flexibility index (Phi) is 36.9. The van der Waals surface area contributed by atoms with E-state index in [0.29, 0.717) is 0 Å². The van der Waals surface area contributed by atoms with Crippen molar-refractivity contribution in [2.75, 3.05) is 13.2 Å². The van der Waals surface area contributed by atoms with Crippen LogP contribution in [0.2, 0.25) is 0 Å². The molecule has 0 rings (SSSR count). The topological polar surface area (TPSA) is 210 Å². The monoisotopic (exact) mass is 404 g/mol. The maximum Gasteiger partial charge on any atom is 0.503 e. The Morgan fingerprint density at radius 2 is 1.11 bits per heavy atom. The summed E-state index contributed by atoms with van der Waals surface area (Å²) in [6, 6.07) is 0. The SMILES string of the molecule is C=CCOO.C=CCOO.CC(=O)OOC(C)(C)C.O=C(O)O.O=C(O)O. The van der Waals surface area contributed by atoms with E-state index in [-0.39, 0.29) is 13.2 Å². The van der Waals surface area contributed by atoms with Gasteiger partial charge in [-0.2, -0.15) is 4.89 Å². The van der Waals surface area contributed by atoms with E-state index in [4.69, 9.17) is 40.5 Å². The second kappa shape index (κ2) is 28.1. The van der Waals surface area contributed by atoms with Gasteiger partial charge in [0.2, 0.25) is 0 Å². The average Bonchev–Trinajstić information content (AvgIpc) is 2.46. The van der Waals surface area contributed by atoms with Gasteiger partial charge in [0.1, 0.15) is 5.60 Å². The molecule has 0 aliphatic carbocycles. The molecule has 27 heavy (non-hydrogen) atoms. The molecular weight excluding hydrogens is 376 g/mol. The van der Waals surface area contributed by atoms with Gasteiger partial charge < -0.3 is 20.4 Å². The molecule has 0 atom stereocenters. The number of hydrogen-bond donors (Lipinski definition) is 6. The first-order chi connectivity index (χ1) is 12.2. The Bertz CT molecular complexity index is 344. The van der Waals surface area contributed by atoms with Crippen LogP contribution in [0.25, 0.3) is 0 Å². The van der Waals surface area contributed by atoms with Crippen LogP contribution in [0.1, 0.15) is 27.7 Å². The molecule has 0 aliphatic heterocycles. The predicted octanol–water partition coefficient (Wildman–Crippen LogP) is 3.05. The first kappa shape index (κ1) is 35.4. The predicted molar refractivity (Wildman–Crippen MR) is 91.5 cm³/mol. The third-order valence-electron chi connectivity index (χ3n) is 0.794. The van der Waals surface area contributed by atoms with Gasteiger partial charge in [0.05, 0.1) is 13.2 Å². The van der Waals surface area contributed by atoms with Crippen molar-refractivity contribution < 1.29 is 64.9 Å². The summed E-state index contributed by atoms with van der Waals surface area (Å²) in [6.07, 6.45) is -0.750. The summed E-state index contributed by atoms with van der Waals surface area (Å²) < 4.78 is 0. The minimum Gasteiger partial charge on any atom is -0.450 e. The molecule has 0 aromatic rings. The van der Waals surface area contributed by atoms with Crippen LogP contribution in [-0.2, 0) is 24.3 Å². The average molecular weight is 404 g/mol. The van der Waals surface area contributed by atoms with E-state index in [2.05, 4.69) is 32.7 Å². The molecular formula is C14H28O13. The van der Waals surface area contributed by atoms with Gasteiger partial charge in [0.25, 0.3) is 0 Å². The maximum atomic E-state index is 10.1. The molecule has 0 radical (unpaired) electrons. The zero-order chi connectivity index (χ0) is 22.9. The largest absolute Gasteiger partial charge is 0.503 e. The van der Waals surface area contributed by atoms with E-state index in [1.54, 1.807) is 20.8 Å². The quantitative estimate of drug-likeness (QED) is 0.221. The lowest BCUT2D eigenvalue weighted by molar-refractivity contribution is -0.318. The second-order valence-electron chi connectivity index (χ2n) is 4.50. The molecule has 0 fully saturated rings. The van der Waals surface area contributed by atoms with Gasteiger partial charge in [-0.1, -0.05) is 12.2 Å². The number of carbonyl (C=O) groups excluding carboxylic acids is 1. The molecule has 0 aliphatic rings. The van der Waals surface area contributed by atoms with E-state index >= 15 is 0 Å². The summed E-state index contributed by atoms with van der Waals surface area (Å²) in [5, 5.41) is 42.9. The smallest absolute Gasteiger partial charge is 0.450 e. The van der Waals surface area contributed by atoms with Crippen LogP contribution in [0.15, 0.2) is 25.3 Å². The molecule has 0 bridgehead atoms. The van der Waals surface area contributed by atoms with Crippen molar-refractivity contribution in [2.24, 2.45) is 0 Å². The molecule has 162 valence electrons. The second-order valence-corrected chi connectivity index (χ2v) is 4.50. The highest BCUT2D eigenvalue weighted by atomic mass is 17.2. The molecule has 0 saturated carbocycles. The molecule has 0 heterocycles. The Morgan fingerprint density at radius 1 is 0.852 bits per heavy atom. The van der Waals surface area contributed by atoms with E-state index in [1.165, 1.54) is 19.1 Å². The van der Waals surface area contributed by atoms with Crippen molar-refractivity contribution in [3.05, 3.63) is 25.3 Å². The number of hydrogen-bond acceptors (Lipinski definition) is 9. The highest BCUT2D eigenvalue weighted by molar-refractivity contribution is 5.65. The summed E-state index contributed by atoms with van der Waals surface area (Å²) in [5.41, 5.74) is -0.411. The van der Waals surface area contributed by atoms with E-state index in [9.17, 15) is 4.79 Å². The van der Waals surface area contributed by atoms with Crippen molar-refractivity contribution in [2.45, 2.75) is 33.3 Å². The lowest BCUT2D eigenvalue weighted by Crippen LogP contribution is -2.20. The Hall–Kier alpha value is -2.71. The van der Waals surface area contributed by atoms with Gasteiger partial charge in [-0.05, 0) is 20.8 Å². The molecule has 0 spiro atoms. The highest BCUT2D eigenvalue weighted by Gasteiger charge is 2.12. The van der Waals surface area contributed by atoms with E-state index in [0.717, 1.165) is 0 Å². The Morgan fingerprint density at radius 3 is 1.15 bits per heavy atom. The first-order valence-corrected chi connectivity index (χ1v) is 6.66. The molecule has 13 nitrogen and oxygen atoms in total. The fraction of sp³-hybridized carbons (Fsp3) is 0.500. The van der Waals surface area contributed by atoms with Crippen molar-refractivity contribution in [1.29, 1.82) is 0 Å². The zero-order valence-corrected chi connectivity index (χ0v) is 15.5. The maximum absolute atomic E-state index is 10.1. The normalized spacial score (nSPS) is 8.22. The molecule has 0 aromatic heterocycles. The summed E-state index contributed by atoms with van der Waals surface area (Å²) >= 11 is 0. The Balaban J connectivity index is -0.0000000784. The van der Waals surface area contributed by atoms with Gasteiger partial charge in [-0.3, -0.25) is 15.4 Å².